The average Bonchev–Trinajstić information content (AvgIpc) is 1.14. The molecule has 0 aromatic rings. The maximum absolute atomic E-state index is 11.6. The molecule has 0 aliphatic carbocycles. The van der Waals surface area contributed by atoms with E-state index >= 15 is 0 Å². The van der Waals surface area contributed by atoms with E-state index in [-0.39, 0.29) is 0 Å². The van der Waals surface area contributed by atoms with Crippen molar-refractivity contribution in [2.75, 3.05) is 0 Å². The van der Waals surface area contributed by atoms with Crippen molar-refractivity contribution in [3.63, 3.8) is 0 Å². The summed E-state index contributed by atoms with van der Waals surface area (Å²) in [6, 6.07) is -0.569. The molecular weight excluding hydrogens is 145 g/mol. The third-order valence-electron chi connectivity index (χ3n) is 0.731. The van der Waals surface area contributed by atoms with Gasteiger partial charge >= 0.3 is 6.18 Å². The summed E-state index contributed by atoms with van der Waals surface area (Å²) in [6.07, 6.45) is -3.95. The predicted octanol–water partition coefficient (Wildman–Crippen LogP) is 2.89. The summed E-state index contributed by atoms with van der Waals surface area (Å²) in [6.45, 7) is 5.13. The molecule has 0 aliphatic rings. The van der Waals surface area contributed by atoms with Crippen LogP contribution in [0.4, 0.5) is 13.2 Å². The molecule has 4 heteroatoms. The molecule has 0 spiro atoms. The zero-order chi connectivity index (χ0) is 7.71. The van der Waals surface area contributed by atoms with Gasteiger partial charge in [-0.05, 0) is 0 Å². The molecule has 9 heavy (non-hydrogen) atoms. The molecule has 0 saturated heterocycles. The van der Waals surface area contributed by atoms with Gasteiger partial charge in [-0.2, -0.15) is 13.2 Å². The molecule has 0 heterocycles. The van der Waals surface area contributed by atoms with Crippen molar-refractivity contribution >= 4 is 8.07 Å². The lowest BCUT2D eigenvalue weighted by atomic mass is 10.8. The Kier molecular flexibility index (Phi) is 2.33. The van der Waals surface area contributed by atoms with Crippen LogP contribution < -0.4 is 0 Å². The zero-order valence-electron chi connectivity index (χ0n) is 5.84. The molecule has 0 N–H and O–H groups in total. The van der Waals surface area contributed by atoms with Gasteiger partial charge in [0.05, 0.1) is 8.07 Å². The van der Waals surface area contributed by atoms with Crippen LogP contribution in [-0.4, -0.2) is 14.3 Å². The van der Waals surface area contributed by atoms with Crippen molar-refractivity contribution in [1.29, 1.82) is 0 Å². The van der Waals surface area contributed by atoms with E-state index < -0.39 is 20.3 Å². The third kappa shape index (κ3) is 8.01. The van der Waals surface area contributed by atoms with E-state index in [1.807, 2.05) is 0 Å². The van der Waals surface area contributed by atoms with Crippen molar-refractivity contribution in [1.82, 2.24) is 0 Å². The lowest BCUT2D eigenvalue weighted by Gasteiger charge is -2.17. The van der Waals surface area contributed by atoms with E-state index in [1.54, 1.807) is 19.6 Å². The molecule has 0 aromatic heterocycles. The van der Waals surface area contributed by atoms with E-state index in [9.17, 15) is 13.2 Å². The Morgan fingerprint density at radius 1 is 1.11 bits per heavy atom. The fourth-order valence-corrected chi connectivity index (χ4v) is 1.80. The van der Waals surface area contributed by atoms with Gasteiger partial charge in [-0.3, -0.25) is 0 Å². The minimum Gasteiger partial charge on any atom is -0.172 e. The Hall–Kier alpha value is 0.00688. The molecule has 0 saturated carbocycles. The second kappa shape index (κ2) is 2.32. The van der Waals surface area contributed by atoms with E-state index in [0.717, 1.165) is 0 Å². The van der Waals surface area contributed by atoms with Gasteiger partial charge in [-0.1, -0.05) is 19.6 Å². The van der Waals surface area contributed by atoms with Crippen LogP contribution in [0.2, 0.25) is 25.7 Å². The van der Waals surface area contributed by atoms with Crippen LogP contribution in [0.5, 0.6) is 0 Å². The van der Waals surface area contributed by atoms with Crippen molar-refractivity contribution in [2.45, 2.75) is 31.9 Å². The maximum atomic E-state index is 11.6. The van der Waals surface area contributed by atoms with E-state index in [2.05, 4.69) is 0 Å². The number of hydrogen-bond acceptors (Lipinski definition) is 0. The Bertz CT molecular complexity index is 77.4. The van der Waals surface area contributed by atoms with Gasteiger partial charge in [-0.25, -0.2) is 0 Å². The Balaban J connectivity index is 3.75. The summed E-state index contributed by atoms with van der Waals surface area (Å²) in [4.78, 5) is 0. The number of halogens is 3. The number of alkyl halides is 3. The SMILES string of the molecule is C[Si](C)(C)CC(F)(F)F. The van der Waals surface area contributed by atoms with E-state index in [1.165, 1.54) is 0 Å². The lowest BCUT2D eigenvalue weighted by molar-refractivity contribution is -0.110. The Morgan fingerprint density at radius 3 is 1.44 bits per heavy atom. The van der Waals surface area contributed by atoms with Gasteiger partial charge in [0.15, 0.2) is 0 Å². The average molecular weight is 156 g/mol. The fraction of sp³-hybridized carbons (Fsp3) is 1.00. The van der Waals surface area contributed by atoms with Crippen molar-refractivity contribution in [2.24, 2.45) is 0 Å². The lowest BCUT2D eigenvalue weighted by Crippen LogP contribution is -2.27. The normalized spacial score (nSPS) is 14.0. The second-order valence-corrected chi connectivity index (χ2v) is 8.83. The number of hydrogen-bond donors (Lipinski definition) is 0. The van der Waals surface area contributed by atoms with Crippen LogP contribution in [0.25, 0.3) is 0 Å². The summed E-state index contributed by atoms with van der Waals surface area (Å²) in [5, 5.41) is 0. The Labute approximate surface area is 54.1 Å². The summed E-state index contributed by atoms with van der Waals surface area (Å²) in [5.41, 5.74) is 0. The van der Waals surface area contributed by atoms with E-state index in [0.29, 0.717) is 0 Å². The molecule has 0 unspecified atom stereocenters. The minimum atomic E-state index is -3.95. The second-order valence-electron chi connectivity index (χ2n) is 3.35. The van der Waals surface area contributed by atoms with Crippen LogP contribution >= 0.6 is 0 Å². The first-order valence-corrected chi connectivity index (χ1v) is 6.48. The first kappa shape index (κ1) is 9.01. The highest BCUT2D eigenvalue weighted by molar-refractivity contribution is 6.76. The highest BCUT2D eigenvalue weighted by Crippen LogP contribution is 2.27. The van der Waals surface area contributed by atoms with Crippen LogP contribution in [-0.2, 0) is 0 Å². The van der Waals surface area contributed by atoms with Crippen LogP contribution in [0, 0.1) is 0 Å². The monoisotopic (exact) mass is 156 g/mol. The molecule has 0 radical (unpaired) electrons. The molecule has 0 bridgehead atoms. The molecule has 0 nitrogen and oxygen atoms in total. The van der Waals surface area contributed by atoms with Crippen molar-refractivity contribution < 1.29 is 13.2 Å². The maximum Gasteiger partial charge on any atom is 0.386 e. The van der Waals surface area contributed by atoms with Crippen molar-refractivity contribution in [3.05, 3.63) is 0 Å². The molecular formula is C5H11F3Si. The smallest absolute Gasteiger partial charge is 0.172 e. The quantitative estimate of drug-likeness (QED) is 0.512. The fourth-order valence-electron chi connectivity index (χ4n) is 0.601. The van der Waals surface area contributed by atoms with Gasteiger partial charge < -0.3 is 0 Å². The topological polar surface area (TPSA) is 0 Å². The molecule has 0 aromatic carbocycles. The van der Waals surface area contributed by atoms with Gasteiger partial charge in [0.25, 0.3) is 0 Å². The third-order valence-corrected chi connectivity index (χ3v) is 2.19. The minimum absolute atomic E-state index is 0.569. The van der Waals surface area contributed by atoms with Crippen LogP contribution in [0.3, 0.4) is 0 Å². The van der Waals surface area contributed by atoms with Gasteiger partial charge in [-0.15, -0.1) is 0 Å². The highest BCUT2D eigenvalue weighted by atomic mass is 28.3. The van der Waals surface area contributed by atoms with Crippen LogP contribution in [0.15, 0.2) is 0 Å². The van der Waals surface area contributed by atoms with Gasteiger partial charge in [0, 0.05) is 6.04 Å². The van der Waals surface area contributed by atoms with E-state index in [4.69, 9.17) is 0 Å². The van der Waals surface area contributed by atoms with Gasteiger partial charge in [0.1, 0.15) is 0 Å². The van der Waals surface area contributed by atoms with Crippen molar-refractivity contribution in [3.8, 4) is 0 Å². The largest absolute Gasteiger partial charge is 0.386 e. The summed E-state index contributed by atoms with van der Waals surface area (Å²) in [5.74, 6) is 0. The zero-order valence-corrected chi connectivity index (χ0v) is 6.84. The highest BCUT2D eigenvalue weighted by Gasteiger charge is 2.34. The first-order valence-electron chi connectivity index (χ1n) is 2.77. The molecule has 56 valence electrons. The summed E-state index contributed by atoms with van der Waals surface area (Å²) >= 11 is 0. The summed E-state index contributed by atoms with van der Waals surface area (Å²) < 4.78 is 34.8. The predicted molar refractivity (Wildman–Crippen MR) is 34.2 cm³/mol. The molecule has 0 fully saturated rings. The molecule has 0 amide bonds. The standard InChI is InChI=1S/C5H11F3Si/c1-9(2,3)4-5(6,7)8/h4H2,1-3H3. The number of rotatable bonds is 1. The molecule has 0 rings (SSSR count). The van der Waals surface area contributed by atoms with Gasteiger partial charge in [0.2, 0.25) is 0 Å². The Morgan fingerprint density at radius 2 is 1.44 bits per heavy atom. The first-order chi connectivity index (χ1) is 3.71. The van der Waals surface area contributed by atoms with Crippen LogP contribution in [0.1, 0.15) is 0 Å². The summed E-state index contributed by atoms with van der Waals surface area (Å²) in [7, 11) is -1.92. The molecule has 0 atom stereocenters. The molecule has 0 aliphatic heterocycles.